The second-order valence-electron chi connectivity index (χ2n) is 2.99. The average Bonchev–Trinajstić information content (AvgIpc) is 2.01. The van der Waals surface area contributed by atoms with E-state index in [4.69, 9.17) is 10.5 Å². The minimum absolute atomic E-state index is 0.141. The molecule has 0 aliphatic carbocycles. The van der Waals surface area contributed by atoms with E-state index in [0.29, 0.717) is 25.0 Å². The number of Topliss-reactive ketones (excluding diaryl/α,β-unsaturated/α-hetero) is 1. The van der Waals surface area contributed by atoms with Crippen molar-refractivity contribution in [3.63, 3.8) is 0 Å². The van der Waals surface area contributed by atoms with Crippen LogP contribution in [0.15, 0.2) is 0 Å². The molecule has 0 saturated heterocycles. The summed E-state index contributed by atoms with van der Waals surface area (Å²) in [4.78, 5) is 10.5. The summed E-state index contributed by atoms with van der Waals surface area (Å²) in [6, 6.07) is 0. The van der Waals surface area contributed by atoms with E-state index in [0.717, 1.165) is 12.8 Å². The summed E-state index contributed by atoms with van der Waals surface area (Å²) in [6.45, 7) is 1.74. The summed E-state index contributed by atoms with van der Waals surface area (Å²) < 4.78 is 0. The van der Waals surface area contributed by atoms with Crippen molar-refractivity contribution in [3.8, 4) is 0 Å². The van der Waals surface area contributed by atoms with Crippen LogP contribution in [0, 0.1) is 5.41 Å². The number of hydrogen-bond donors (Lipinski definition) is 2. The molecule has 0 bridgehead atoms. The molecule has 0 fully saturated rings. The number of carbonyl (C=O) groups is 1. The van der Waals surface area contributed by atoms with E-state index < -0.39 is 0 Å². The fourth-order valence-electron chi connectivity index (χ4n) is 0.902. The molecule has 3 heteroatoms. The number of carbonyl (C=O) groups excluding carboxylic acids is 1. The standard InChI is InChI=1S/C9H17NO2/c1-8(12)5-6-9(10)4-2-3-7-11/h10-11H,2-7H2,1H3. The van der Waals surface area contributed by atoms with E-state index in [-0.39, 0.29) is 12.4 Å². The van der Waals surface area contributed by atoms with Crippen LogP contribution in [0.2, 0.25) is 0 Å². The van der Waals surface area contributed by atoms with Gasteiger partial charge in [-0.3, -0.25) is 0 Å². The number of ketones is 1. The van der Waals surface area contributed by atoms with E-state index in [9.17, 15) is 4.79 Å². The monoisotopic (exact) mass is 171 g/mol. The largest absolute Gasteiger partial charge is 0.396 e. The van der Waals surface area contributed by atoms with Gasteiger partial charge >= 0.3 is 0 Å². The van der Waals surface area contributed by atoms with Crippen LogP contribution in [-0.2, 0) is 4.79 Å². The molecule has 0 amide bonds. The molecule has 0 unspecified atom stereocenters. The zero-order valence-corrected chi connectivity index (χ0v) is 7.60. The number of aliphatic hydroxyl groups excluding tert-OH is 1. The predicted molar refractivity (Wildman–Crippen MR) is 48.6 cm³/mol. The summed E-state index contributed by atoms with van der Waals surface area (Å²) in [5, 5.41) is 15.9. The second kappa shape index (κ2) is 6.98. The number of unbranched alkanes of at least 4 members (excludes halogenated alkanes) is 1. The van der Waals surface area contributed by atoms with Gasteiger partial charge in [-0.25, -0.2) is 0 Å². The van der Waals surface area contributed by atoms with Gasteiger partial charge in [0.15, 0.2) is 0 Å². The fraction of sp³-hybridized carbons (Fsp3) is 0.778. The summed E-state index contributed by atoms with van der Waals surface area (Å²) in [5.74, 6) is 0.141. The fourth-order valence-corrected chi connectivity index (χ4v) is 0.902. The Morgan fingerprint density at radius 3 is 2.42 bits per heavy atom. The normalized spacial score (nSPS) is 9.83. The number of nitrogens with one attached hydrogen (secondary N) is 1. The maximum atomic E-state index is 10.5. The molecule has 0 aliphatic heterocycles. The summed E-state index contributed by atoms with van der Waals surface area (Å²) in [5.41, 5.74) is 0.624. The van der Waals surface area contributed by atoms with Crippen molar-refractivity contribution in [2.24, 2.45) is 0 Å². The minimum atomic E-state index is 0.141. The van der Waals surface area contributed by atoms with Gasteiger partial charge in [-0.15, -0.1) is 0 Å². The first-order valence-corrected chi connectivity index (χ1v) is 4.33. The Morgan fingerprint density at radius 2 is 1.92 bits per heavy atom. The lowest BCUT2D eigenvalue weighted by atomic mass is 10.1. The molecular weight excluding hydrogens is 154 g/mol. The van der Waals surface area contributed by atoms with Crippen LogP contribution in [0.4, 0.5) is 0 Å². The van der Waals surface area contributed by atoms with Crippen molar-refractivity contribution in [1.29, 1.82) is 5.41 Å². The Labute approximate surface area is 73.3 Å². The molecule has 0 spiro atoms. The van der Waals surface area contributed by atoms with Gasteiger partial charge in [0.05, 0.1) is 0 Å². The molecule has 0 heterocycles. The first kappa shape index (κ1) is 11.3. The predicted octanol–water partition coefficient (Wildman–Crippen LogP) is 1.54. The van der Waals surface area contributed by atoms with Crippen LogP contribution >= 0.6 is 0 Å². The molecule has 12 heavy (non-hydrogen) atoms. The summed E-state index contributed by atoms with van der Waals surface area (Å²) in [7, 11) is 0. The van der Waals surface area contributed by atoms with Crippen molar-refractivity contribution >= 4 is 11.5 Å². The molecule has 0 aromatic rings. The van der Waals surface area contributed by atoms with Crippen LogP contribution in [-0.4, -0.2) is 23.2 Å². The van der Waals surface area contributed by atoms with Gasteiger partial charge in [0.25, 0.3) is 0 Å². The van der Waals surface area contributed by atoms with Crippen molar-refractivity contribution < 1.29 is 9.90 Å². The number of rotatable bonds is 7. The lowest BCUT2D eigenvalue weighted by Crippen LogP contribution is -2.00. The molecule has 0 aliphatic rings. The van der Waals surface area contributed by atoms with Gasteiger partial charge in [-0.05, 0) is 32.6 Å². The van der Waals surface area contributed by atoms with Gasteiger partial charge in [0.1, 0.15) is 5.78 Å². The second-order valence-corrected chi connectivity index (χ2v) is 2.99. The van der Waals surface area contributed by atoms with Gasteiger partial charge in [0.2, 0.25) is 0 Å². The number of hydrogen-bond acceptors (Lipinski definition) is 3. The van der Waals surface area contributed by atoms with E-state index in [1.807, 2.05) is 0 Å². The van der Waals surface area contributed by atoms with Crippen molar-refractivity contribution in [2.75, 3.05) is 6.61 Å². The zero-order chi connectivity index (χ0) is 9.40. The van der Waals surface area contributed by atoms with Crippen molar-refractivity contribution in [3.05, 3.63) is 0 Å². The molecule has 0 rings (SSSR count). The maximum absolute atomic E-state index is 10.5. The van der Waals surface area contributed by atoms with Gasteiger partial charge in [-0.1, -0.05) is 0 Å². The molecular formula is C9H17NO2. The van der Waals surface area contributed by atoms with Gasteiger partial charge in [-0.2, -0.15) is 0 Å². The molecule has 0 radical (unpaired) electrons. The third-order valence-electron chi connectivity index (χ3n) is 1.67. The topological polar surface area (TPSA) is 61.2 Å². The van der Waals surface area contributed by atoms with E-state index in [1.165, 1.54) is 0 Å². The van der Waals surface area contributed by atoms with Gasteiger partial charge < -0.3 is 15.3 Å². The highest BCUT2D eigenvalue weighted by atomic mass is 16.2. The van der Waals surface area contributed by atoms with Crippen LogP contribution in [0.25, 0.3) is 0 Å². The highest BCUT2D eigenvalue weighted by Gasteiger charge is 1.99. The lowest BCUT2D eigenvalue weighted by molar-refractivity contribution is -0.116. The Morgan fingerprint density at radius 1 is 1.25 bits per heavy atom. The maximum Gasteiger partial charge on any atom is 0.130 e. The van der Waals surface area contributed by atoms with Crippen molar-refractivity contribution in [1.82, 2.24) is 0 Å². The zero-order valence-electron chi connectivity index (χ0n) is 7.60. The SMILES string of the molecule is CC(=O)CCC(=N)CCCCO. The third-order valence-corrected chi connectivity index (χ3v) is 1.67. The van der Waals surface area contributed by atoms with E-state index in [1.54, 1.807) is 6.92 Å². The van der Waals surface area contributed by atoms with Crippen molar-refractivity contribution in [2.45, 2.75) is 39.0 Å². The Hall–Kier alpha value is -0.700. The van der Waals surface area contributed by atoms with Crippen LogP contribution in [0.1, 0.15) is 39.0 Å². The van der Waals surface area contributed by atoms with Crippen LogP contribution in [0.3, 0.4) is 0 Å². The van der Waals surface area contributed by atoms with Crippen LogP contribution in [0.5, 0.6) is 0 Å². The highest BCUT2D eigenvalue weighted by molar-refractivity contribution is 5.86. The molecule has 0 aromatic heterocycles. The molecule has 70 valence electrons. The first-order chi connectivity index (χ1) is 5.66. The minimum Gasteiger partial charge on any atom is -0.396 e. The van der Waals surface area contributed by atoms with Gasteiger partial charge in [0, 0.05) is 18.7 Å². The Kier molecular flexibility index (Phi) is 6.57. The quantitative estimate of drug-likeness (QED) is 0.451. The highest BCUT2D eigenvalue weighted by Crippen LogP contribution is 2.01. The lowest BCUT2D eigenvalue weighted by Gasteiger charge is -2.00. The van der Waals surface area contributed by atoms with Crippen LogP contribution < -0.4 is 0 Å². The average molecular weight is 171 g/mol. The molecule has 0 atom stereocenters. The third kappa shape index (κ3) is 7.41. The molecule has 0 saturated carbocycles. The summed E-state index contributed by atoms with van der Waals surface area (Å²) in [6.07, 6.45) is 3.39. The Balaban J connectivity index is 3.28. The smallest absolute Gasteiger partial charge is 0.130 e. The number of aliphatic hydroxyl groups is 1. The molecule has 3 nitrogen and oxygen atoms in total. The van der Waals surface area contributed by atoms with E-state index in [2.05, 4.69) is 0 Å². The molecule has 0 aromatic carbocycles. The summed E-state index contributed by atoms with van der Waals surface area (Å²) >= 11 is 0. The first-order valence-electron chi connectivity index (χ1n) is 4.33. The Bertz CT molecular complexity index is 155. The van der Waals surface area contributed by atoms with E-state index >= 15 is 0 Å². The molecule has 2 N–H and O–H groups in total.